The normalized spacial score (nSPS) is 11.2. The summed E-state index contributed by atoms with van der Waals surface area (Å²) in [5.41, 5.74) is 1.34. The predicted molar refractivity (Wildman–Crippen MR) is 64.7 cm³/mol. The van der Waals surface area contributed by atoms with E-state index in [1.165, 1.54) is 6.92 Å². The van der Waals surface area contributed by atoms with E-state index in [2.05, 4.69) is 5.32 Å². The molecule has 0 radical (unpaired) electrons. The van der Waals surface area contributed by atoms with Crippen LogP contribution in [0.1, 0.15) is 22.8 Å². The number of carbonyl (C=O) groups is 2. The van der Waals surface area contributed by atoms with Crippen LogP contribution in [0.15, 0.2) is 24.3 Å². The van der Waals surface area contributed by atoms with Crippen LogP contribution in [0, 0.1) is 18.3 Å². The number of ether oxygens (including phenoxy) is 1. The SMILES string of the molecule is Cc1ccccc1C(=O)NCC(=O)OC(C)C#N. The van der Waals surface area contributed by atoms with Crippen molar-refractivity contribution in [2.24, 2.45) is 0 Å². The third kappa shape index (κ3) is 3.91. The lowest BCUT2D eigenvalue weighted by atomic mass is 10.1. The van der Waals surface area contributed by atoms with Crippen molar-refractivity contribution >= 4 is 11.9 Å². The molecule has 0 aliphatic heterocycles. The van der Waals surface area contributed by atoms with Gasteiger partial charge in [-0.05, 0) is 25.5 Å². The maximum Gasteiger partial charge on any atom is 0.326 e. The van der Waals surface area contributed by atoms with Gasteiger partial charge in [0.15, 0.2) is 6.10 Å². The van der Waals surface area contributed by atoms with E-state index < -0.39 is 12.1 Å². The van der Waals surface area contributed by atoms with Gasteiger partial charge in [-0.25, -0.2) is 0 Å². The van der Waals surface area contributed by atoms with E-state index in [4.69, 9.17) is 10.00 Å². The molecule has 0 spiro atoms. The molecule has 0 fully saturated rings. The number of amides is 1. The predicted octanol–water partition coefficient (Wildman–Crippen LogP) is 1.18. The first-order valence-corrected chi connectivity index (χ1v) is 5.47. The average Bonchev–Trinajstić information content (AvgIpc) is 2.36. The summed E-state index contributed by atoms with van der Waals surface area (Å²) in [7, 11) is 0. The number of hydrogen-bond donors (Lipinski definition) is 1. The zero-order valence-electron chi connectivity index (χ0n) is 10.3. The lowest BCUT2D eigenvalue weighted by Crippen LogP contribution is -2.32. The molecule has 1 rings (SSSR count). The molecule has 1 amide bonds. The van der Waals surface area contributed by atoms with Crippen LogP contribution in [-0.4, -0.2) is 24.5 Å². The van der Waals surface area contributed by atoms with Crippen LogP contribution < -0.4 is 5.32 Å². The zero-order valence-corrected chi connectivity index (χ0v) is 10.3. The van der Waals surface area contributed by atoms with Crippen LogP contribution in [0.3, 0.4) is 0 Å². The van der Waals surface area contributed by atoms with Crippen molar-refractivity contribution in [3.8, 4) is 6.07 Å². The minimum absolute atomic E-state index is 0.251. The van der Waals surface area contributed by atoms with E-state index in [1.807, 2.05) is 19.1 Å². The first-order chi connectivity index (χ1) is 8.54. The fourth-order valence-corrected chi connectivity index (χ4v) is 1.34. The van der Waals surface area contributed by atoms with Gasteiger partial charge in [0.2, 0.25) is 0 Å². The molecule has 0 aromatic heterocycles. The van der Waals surface area contributed by atoms with Gasteiger partial charge in [0.25, 0.3) is 5.91 Å². The molecule has 0 bridgehead atoms. The number of nitriles is 1. The molecule has 18 heavy (non-hydrogen) atoms. The highest BCUT2D eigenvalue weighted by Gasteiger charge is 2.12. The van der Waals surface area contributed by atoms with Crippen molar-refractivity contribution in [3.63, 3.8) is 0 Å². The summed E-state index contributed by atoms with van der Waals surface area (Å²) in [5, 5.41) is 10.9. The van der Waals surface area contributed by atoms with Gasteiger partial charge in [0, 0.05) is 5.56 Å². The number of hydrogen-bond acceptors (Lipinski definition) is 4. The Kier molecular flexibility index (Phi) is 4.88. The number of aryl methyl sites for hydroxylation is 1. The van der Waals surface area contributed by atoms with Crippen LogP contribution in [0.4, 0.5) is 0 Å². The van der Waals surface area contributed by atoms with Crippen molar-refractivity contribution in [2.75, 3.05) is 6.54 Å². The number of carbonyl (C=O) groups excluding carboxylic acids is 2. The van der Waals surface area contributed by atoms with Crippen molar-refractivity contribution < 1.29 is 14.3 Å². The average molecular weight is 246 g/mol. The third-order valence-corrected chi connectivity index (χ3v) is 2.27. The Labute approximate surface area is 105 Å². The quantitative estimate of drug-likeness (QED) is 0.809. The minimum Gasteiger partial charge on any atom is -0.446 e. The summed E-state index contributed by atoms with van der Waals surface area (Å²) >= 11 is 0. The molecule has 0 saturated carbocycles. The number of nitrogens with zero attached hydrogens (tertiary/aromatic N) is 1. The van der Waals surface area contributed by atoms with E-state index in [0.29, 0.717) is 5.56 Å². The Bertz CT molecular complexity index is 491. The third-order valence-electron chi connectivity index (χ3n) is 2.27. The zero-order chi connectivity index (χ0) is 13.5. The lowest BCUT2D eigenvalue weighted by molar-refractivity contribution is -0.144. The van der Waals surface area contributed by atoms with Gasteiger partial charge in [0.1, 0.15) is 12.6 Å². The van der Waals surface area contributed by atoms with E-state index in [-0.39, 0.29) is 12.5 Å². The van der Waals surface area contributed by atoms with Gasteiger partial charge in [-0.3, -0.25) is 9.59 Å². The van der Waals surface area contributed by atoms with Crippen LogP contribution in [0.2, 0.25) is 0 Å². The molecule has 5 nitrogen and oxygen atoms in total. The molecular formula is C13H14N2O3. The van der Waals surface area contributed by atoms with Crippen LogP contribution in [-0.2, 0) is 9.53 Å². The Hall–Kier alpha value is -2.35. The Morgan fingerprint density at radius 3 is 2.72 bits per heavy atom. The Morgan fingerprint density at radius 1 is 1.44 bits per heavy atom. The molecule has 1 unspecified atom stereocenters. The Balaban J connectivity index is 2.50. The molecule has 0 saturated heterocycles. The van der Waals surface area contributed by atoms with Crippen molar-refractivity contribution in [2.45, 2.75) is 20.0 Å². The first-order valence-electron chi connectivity index (χ1n) is 5.47. The van der Waals surface area contributed by atoms with E-state index in [9.17, 15) is 9.59 Å². The molecule has 0 heterocycles. The summed E-state index contributed by atoms with van der Waals surface area (Å²) in [4.78, 5) is 23.0. The van der Waals surface area contributed by atoms with E-state index in [1.54, 1.807) is 18.2 Å². The first kappa shape index (κ1) is 13.7. The molecule has 5 heteroatoms. The summed E-state index contributed by atoms with van der Waals surface area (Å²) in [6, 6.07) is 8.83. The van der Waals surface area contributed by atoms with Crippen molar-refractivity contribution in [3.05, 3.63) is 35.4 Å². The van der Waals surface area contributed by atoms with Crippen molar-refractivity contribution in [1.29, 1.82) is 5.26 Å². The molecule has 94 valence electrons. The summed E-state index contributed by atoms with van der Waals surface area (Å²) in [5.74, 6) is -0.972. The second-order valence-electron chi connectivity index (χ2n) is 3.76. The fraction of sp³-hybridized carbons (Fsp3) is 0.308. The number of nitrogens with one attached hydrogen (secondary N) is 1. The number of esters is 1. The van der Waals surface area contributed by atoms with Crippen LogP contribution in [0.25, 0.3) is 0 Å². The van der Waals surface area contributed by atoms with Gasteiger partial charge >= 0.3 is 5.97 Å². The minimum atomic E-state index is -0.812. The molecule has 1 N–H and O–H groups in total. The topological polar surface area (TPSA) is 79.2 Å². The summed E-state index contributed by atoms with van der Waals surface area (Å²) < 4.78 is 4.70. The second kappa shape index (κ2) is 6.40. The second-order valence-corrected chi connectivity index (χ2v) is 3.76. The molecule has 1 aromatic carbocycles. The van der Waals surface area contributed by atoms with Gasteiger partial charge in [-0.1, -0.05) is 18.2 Å². The smallest absolute Gasteiger partial charge is 0.326 e. The molecule has 1 aromatic rings. The molecule has 0 aliphatic rings. The lowest BCUT2D eigenvalue weighted by Gasteiger charge is -2.08. The molecule has 0 aliphatic carbocycles. The van der Waals surface area contributed by atoms with Crippen molar-refractivity contribution in [1.82, 2.24) is 5.32 Å². The summed E-state index contributed by atoms with van der Waals surface area (Å²) in [6.07, 6.45) is -0.812. The highest BCUT2D eigenvalue weighted by Crippen LogP contribution is 2.06. The van der Waals surface area contributed by atoms with E-state index in [0.717, 1.165) is 5.56 Å². The van der Waals surface area contributed by atoms with E-state index >= 15 is 0 Å². The maximum atomic E-state index is 11.7. The highest BCUT2D eigenvalue weighted by atomic mass is 16.5. The molecular weight excluding hydrogens is 232 g/mol. The fourth-order valence-electron chi connectivity index (χ4n) is 1.34. The van der Waals surface area contributed by atoms with Gasteiger partial charge < -0.3 is 10.1 Å². The Morgan fingerprint density at radius 2 is 2.11 bits per heavy atom. The van der Waals surface area contributed by atoms with Gasteiger partial charge in [-0.15, -0.1) is 0 Å². The highest BCUT2D eigenvalue weighted by molar-refractivity contribution is 5.97. The standard InChI is InChI=1S/C13H14N2O3/c1-9-5-3-4-6-11(9)13(17)15-8-12(16)18-10(2)7-14/h3-6,10H,8H2,1-2H3,(H,15,17). The molecule has 1 atom stereocenters. The van der Waals surface area contributed by atoms with Gasteiger partial charge in [-0.2, -0.15) is 5.26 Å². The number of rotatable bonds is 4. The number of benzene rings is 1. The summed E-state index contributed by atoms with van der Waals surface area (Å²) in [6.45, 7) is 3.02. The monoisotopic (exact) mass is 246 g/mol. The maximum absolute atomic E-state index is 11.7. The van der Waals surface area contributed by atoms with Crippen LogP contribution in [0.5, 0.6) is 0 Å². The van der Waals surface area contributed by atoms with Gasteiger partial charge in [0.05, 0.1) is 0 Å². The van der Waals surface area contributed by atoms with Crippen LogP contribution >= 0.6 is 0 Å². The largest absolute Gasteiger partial charge is 0.446 e.